The number of ether oxygens (including phenoxy) is 1. The van der Waals surface area contributed by atoms with Gasteiger partial charge in [-0.15, -0.1) is 0 Å². The van der Waals surface area contributed by atoms with Crippen LogP contribution in [0.4, 0.5) is 0 Å². The number of hydrogen-bond acceptors (Lipinski definition) is 4. The molecule has 2 aromatic carbocycles. The number of esters is 1. The lowest BCUT2D eigenvalue weighted by Gasteiger charge is -2.41. The van der Waals surface area contributed by atoms with E-state index in [-0.39, 0.29) is 18.1 Å². The van der Waals surface area contributed by atoms with Gasteiger partial charge in [0.25, 0.3) is 0 Å². The van der Waals surface area contributed by atoms with Gasteiger partial charge in [-0.2, -0.15) is 0 Å². The molecule has 0 aromatic heterocycles. The van der Waals surface area contributed by atoms with Gasteiger partial charge in [-0.05, 0) is 36.2 Å². The number of rotatable bonds is 4. The Morgan fingerprint density at radius 3 is 2.43 bits per heavy atom. The molecule has 0 aliphatic carbocycles. The van der Waals surface area contributed by atoms with E-state index >= 15 is 0 Å². The largest absolute Gasteiger partial charge is 0.459 e. The number of hydrogen-bond donors (Lipinski definition) is 2. The molecule has 2 heterocycles. The maximum atomic E-state index is 12.5. The van der Waals surface area contributed by atoms with Crippen LogP contribution in [0.25, 0.3) is 0 Å². The summed E-state index contributed by atoms with van der Waals surface area (Å²) >= 11 is 5.89. The first kappa shape index (κ1) is 18.7. The van der Waals surface area contributed by atoms with Crippen LogP contribution in [0.15, 0.2) is 66.7 Å². The average Bonchev–Trinajstić information content (AvgIpc) is 3.09. The van der Waals surface area contributed by atoms with Gasteiger partial charge in [0.1, 0.15) is 6.61 Å². The Morgan fingerprint density at radius 2 is 1.82 bits per heavy atom. The maximum Gasteiger partial charge on any atom is 0.338 e. The van der Waals surface area contributed by atoms with Crippen molar-refractivity contribution in [3.05, 3.63) is 82.9 Å². The van der Waals surface area contributed by atoms with E-state index in [2.05, 4.69) is 10.6 Å². The highest BCUT2D eigenvalue weighted by molar-refractivity contribution is 6.30. The second-order valence-corrected chi connectivity index (χ2v) is 7.75. The lowest BCUT2D eigenvalue weighted by atomic mass is 9.82. The maximum absolute atomic E-state index is 12.5. The molecule has 28 heavy (non-hydrogen) atoms. The van der Waals surface area contributed by atoms with Gasteiger partial charge >= 0.3 is 5.97 Å². The average molecular weight is 397 g/mol. The Hall–Kier alpha value is -2.63. The summed E-state index contributed by atoms with van der Waals surface area (Å²) in [5.41, 5.74) is 0.429. The standard InChI is InChI=1S/C22H21ClN2O3/c23-18-8-6-16(7-9-18)20(27)28-15-22(17-4-2-1-3-5-17)13-12-21(14-24-22)11-10-19(26)25-21/h1-9,12-13,24H,10-11,14-15H2,(H,25,26)/t21-,22-/m1/s1. The van der Waals surface area contributed by atoms with Crippen LogP contribution in [0.1, 0.15) is 28.8 Å². The highest BCUT2D eigenvalue weighted by Gasteiger charge is 2.43. The van der Waals surface area contributed by atoms with E-state index in [9.17, 15) is 9.59 Å². The zero-order valence-electron chi connectivity index (χ0n) is 15.3. The Kier molecular flexibility index (Phi) is 4.96. The molecule has 2 aliphatic rings. The molecule has 4 rings (SSSR count). The molecule has 144 valence electrons. The van der Waals surface area contributed by atoms with Crippen LogP contribution < -0.4 is 10.6 Å². The van der Waals surface area contributed by atoms with Gasteiger partial charge in [-0.25, -0.2) is 4.79 Å². The van der Waals surface area contributed by atoms with Crippen molar-refractivity contribution < 1.29 is 14.3 Å². The van der Waals surface area contributed by atoms with Gasteiger partial charge in [-0.1, -0.05) is 54.1 Å². The molecule has 2 N–H and O–H groups in total. The third-order valence-corrected chi connectivity index (χ3v) is 5.64. The highest BCUT2D eigenvalue weighted by atomic mass is 35.5. The number of carbonyl (C=O) groups is 2. The molecule has 1 saturated heterocycles. The molecule has 0 radical (unpaired) electrons. The Labute approximate surface area is 168 Å². The fraction of sp³-hybridized carbons (Fsp3) is 0.273. The van der Waals surface area contributed by atoms with E-state index < -0.39 is 11.5 Å². The Morgan fingerprint density at radius 1 is 1.07 bits per heavy atom. The molecule has 2 aromatic rings. The van der Waals surface area contributed by atoms with Crippen LogP contribution in [0, 0.1) is 0 Å². The number of benzene rings is 2. The van der Waals surface area contributed by atoms with Crippen molar-refractivity contribution in [2.75, 3.05) is 13.2 Å². The summed E-state index contributed by atoms with van der Waals surface area (Å²) < 4.78 is 5.65. The minimum atomic E-state index is -0.651. The Bertz CT molecular complexity index is 913. The van der Waals surface area contributed by atoms with Crippen molar-refractivity contribution in [2.24, 2.45) is 0 Å². The van der Waals surface area contributed by atoms with Crippen LogP contribution in [-0.2, 0) is 15.1 Å². The first-order chi connectivity index (χ1) is 13.5. The van der Waals surface area contributed by atoms with Gasteiger partial charge in [0.15, 0.2) is 0 Å². The molecule has 2 aliphatic heterocycles. The van der Waals surface area contributed by atoms with Crippen LogP contribution in [0.3, 0.4) is 0 Å². The van der Waals surface area contributed by atoms with Crippen molar-refractivity contribution in [1.82, 2.24) is 10.6 Å². The SMILES string of the molecule is O=C1CC[C@]2(C=C[C@@](COC(=O)c3ccc(Cl)cc3)(c3ccccc3)NC2)N1. The van der Waals surface area contributed by atoms with Crippen LogP contribution in [0.5, 0.6) is 0 Å². The van der Waals surface area contributed by atoms with Crippen molar-refractivity contribution in [2.45, 2.75) is 23.9 Å². The predicted molar refractivity (Wildman–Crippen MR) is 107 cm³/mol. The van der Waals surface area contributed by atoms with Crippen molar-refractivity contribution in [1.29, 1.82) is 0 Å². The monoisotopic (exact) mass is 396 g/mol. The summed E-state index contributed by atoms with van der Waals surface area (Å²) in [7, 11) is 0. The van der Waals surface area contributed by atoms with E-state index in [4.69, 9.17) is 16.3 Å². The molecule has 0 saturated carbocycles. The van der Waals surface area contributed by atoms with E-state index in [1.165, 1.54) is 0 Å². The zero-order valence-corrected chi connectivity index (χ0v) is 16.0. The second-order valence-electron chi connectivity index (χ2n) is 7.31. The third-order valence-electron chi connectivity index (χ3n) is 5.39. The lowest BCUT2D eigenvalue weighted by Crippen LogP contribution is -2.58. The first-order valence-electron chi connectivity index (χ1n) is 9.25. The van der Waals surface area contributed by atoms with Crippen LogP contribution in [-0.4, -0.2) is 30.6 Å². The zero-order chi connectivity index (χ0) is 19.6. The fourth-order valence-corrected chi connectivity index (χ4v) is 3.82. The molecule has 6 heteroatoms. The number of halogens is 1. The molecule has 5 nitrogen and oxygen atoms in total. The van der Waals surface area contributed by atoms with Crippen molar-refractivity contribution in [3.8, 4) is 0 Å². The second kappa shape index (κ2) is 7.41. The quantitative estimate of drug-likeness (QED) is 0.615. The molecule has 1 fully saturated rings. The smallest absolute Gasteiger partial charge is 0.338 e. The van der Waals surface area contributed by atoms with Crippen LogP contribution >= 0.6 is 11.6 Å². The van der Waals surface area contributed by atoms with E-state index in [1.807, 2.05) is 42.5 Å². The Balaban J connectivity index is 1.57. The normalized spacial score (nSPS) is 26.2. The van der Waals surface area contributed by atoms with Gasteiger partial charge in [0.2, 0.25) is 5.91 Å². The molecule has 2 atom stereocenters. The molecular weight excluding hydrogens is 376 g/mol. The summed E-state index contributed by atoms with van der Waals surface area (Å²) in [5, 5.41) is 7.13. The predicted octanol–water partition coefficient (Wildman–Crippen LogP) is 3.20. The molecular formula is C22H21ClN2O3. The summed E-state index contributed by atoms with van der Waals surface area (Å²) in [6.07, 6.45) is 5.32. The topological polar surface area (TPSA) is 67.4 Å². The number of carbonyl (C=O) groups excluding carboxylic acids is 2. The fourth-order valence-electron chi connectivity index (χ4n) is 3.70. The summed E-state index contributed by atoms with van der Waals surface area (Å²) in [5.74, 6) is -0.343. The number of nitrogens with one attached hydrogen (secondary N) is 2. The summed E-state index contributed by atoms with van der Waals surface area (Å²) in [6, 6.07) is 16.5. The highest BCUT2D eigenvalue weighted by Crippen LogP contribution is 2.33. The molecule has 0 bridgehead atoms. The minimum absolute atomic E-state index is 0.0628. The minimum Gasteiger partial charge on any atom is -0.459 e. The van der Waals surface area contributed by atoms with Gasteiger partial charge in [0.05, 0.1) is 16.6 Å². The van der Waals surface area contributed by atoms with Crippen LogP contribution in [0.2, 0.25) is 5.02 Å². The summed E-state index contributed by atoms with van der Waals surface area (Å²) in [4.78, 5) is 24.2. The molecule has 0 unspecified atom stereocenters. The number of amides is 1. The third kappa shape index (κ3) is 3.68. The van der Waals surface area contributed by atoms with E-state index in [0.29, 0.717) is 23.6 Å². The van der Waals surface area contributed by atoms with Gasteiger partial charge < -0.3 is 10.1 Å². The lowest BCUT2D eigenvalue weighted by molar-refractivity contribution is -0.119. The summed E-state index contributed by atoms with van der Waals surface area (Å²) in [6.45, 7) is 0.710. The van der Waals surface area contributed by atoms with Gasteiger partial charge in [0, 0.05) is 18.0 Å². The van der Waals surface area contributed by atoms with Crippen molar-refractivity contribution in [3.63, 3.8) is 0 Å². The van der Waals surface area contributed by atoms with Gasteiger partial charge in [-0.3, -0.25) is 10.1 Å². The van der Waals surface area contributed by atoms with E-state index in [1.54, 1.807) is 24.3 Å². The molecule has 1 amide bonds. The van der Waals surface area contributed by atoms with E-state index in [0.717, 1.165) is 12.0 Å². The molecule has 1 spiro atoms. The van der Waals surface area contributed by atoms with Crippen molar-refractivity contribution >= 4 is 23.5 Å². The first-order valence-corrected chi connectivity index (χ1v) is 9.63.